The van der Waals surface area contributed by atoms with Crippen molar-refractivity contribution >= 4 is 23.0 Å². The topological polar surface area (TPSA) is 59.1 Å². The Hall–Kier alpha value is -2.01. The number of carbonyl (C=O) groups excluding carboxylic acids is 2. The summed E-state index contributed by atoms with van der Waals surface area (Å²) >= 11 is 1.54. The second kappa shape index (κ2) is 8.44. The Morgan fingerprint density at radius 1 is 1.23 bits per heavy atom. The quantitative estimate of drug-likeness (QED) is 0.754. The second-order valence-electron chi connectivity index (χ2n) is 5.04. The summed E-state index contributed by atoms with van der Waals surface area (Å²) in [5.74, 6) is 0.0586. The lowest BCUT2D eigenvalue weighted by atomic mass is 10.1. The molecule has 1 aromatic heterocycles. The van der Waals surface area contributed by atoms with Crippen LogP contribution in [0, 0.1) is 0 Å². The van der Waals surface area contributed by atoms with E-state index in [9.17, 15) is 9.59 Å². The van der Waals surface area contributed by atoms with Crippen molar-refractivity contribution in [1.82, 2.24) is 10.3 Å². The molecular formula is C17H20N2O2S. The lowest BCUT2D eigenvalue weighted by Crippen LogP contribution is -2.27. The van der Waals surface area contributed by atoms with Crippen molar-refractivity contribution < 1.29 is 9.59 Å². The van der Waals surface area contributed by atoms with Crippen LogP contribution in [0.1, 0.15) is 54.0 Å². The first-order chi connectivity index (χ1) is 10.7. The number of ketones is 1. The zero-order valence-corrected chi connectivity index (χ0v) is 13.4. The molecule has 1 N–H and O–H groups in total. The van der Waals surface area contributed by atoms with Crippen LogP contribution >= 0.6 is 11.3 Å². The molecule has 0 spiro atoms. The summed E-state index contributed by atoms with van der Waals surface area (Å²) in [4.78, 5) is 28.2. The van der Waals surface area contributed by atoms with Gasteiger partial charge in [0.2, 0.25) is 5.91 Å². The summed E-state index contributed by atoms with van der Waals surface area (Å²) < 4.78 is 0. The van der Waals surface area contributed by atoms with E-state index in [2.05, 4.69) is 10.3 Å². The van der Waals surface area contributed by atoms with E-state index in [-0.39, 0.29) is 17.7 Å². The molecule has 0 aliphatic heterocycles. The van der Waals surface area contributed by atoms with E-state index in [0.717, 1.165) is 11.4 Å². The number of nitrogens with one attached hydrogen (secondary N) is 1. The maximum Gasteiger partial charge on any atom is 0.220 e. The van der Waals surface area contributed by atoms with Crippen molar-refractivity contribution in [3.8, 4) is 0 Å². The minimum absolute atomic E-state index is 0.0251. The van der Waals surface area contributed by atoms with E-state index >= 15 is 0 Å². The van der Waals surface area contributed by atoms with Crippen molar-refractivity contribution in [3.63, 3.8) is 0 Å². The van der Waals surface area contributed by atoms with Gasteiger partial charge in [-0.05, 0) is 12.8 Å². The highest BCUT2D eigenvalue weighted by atomic mass is 32.1. The van der Waals surface area contributed by atoms with Gasteiger partial charge in [0, 0.05) is 30.0 Å². The third-order valence-electron chi connectivity index (χ3n) is 3.40. The van der Waals surface area contributed by atoms with Crippen molar-refractivity contribution in [2.45, 2.75) is 38.6 Å². The van der Waals surface area contributed by atoms with Crippen molar-refractivity contribution in [3.05, 3.63) is 52.5 Å². The Bertz CT molecular complexity index is 596. The third kappa shape index (κ3) is 4.77. The highest BCUT2D eigenvalue weighted by Gasteiger charge is 2.15. The van der Waals surface area contributed by atoms with Crippen LogP contribution in [-0.2, 0) is 4.79 Å². The van der Waals surface area contributed by atoms with Gasteiger partial charge in [-0.3, -0.25) is 9.59 Å². The summed E-state index contributed by atoms with van der Waals surface area (Å²) in [5.41, 5.74) is 0.706. The standard InChI is InChI=1S/C17H20N2O2S/c1-2-14(17-18-11-12-22-17)19-16(21)10-6-9-15(20)13-7-4-3-5-8-13/h3-5,7-8,11-12,14H,2,6,9-10H2,1H3,(H,19,21)/t14-/m1/s1. The van der Waals surface area contributed by atoms with Gasteiger partial charge >= 0.3 is 0 Å². The van der Waals surface area contributed by atoms with Crippen LogP contribution in [0.4, 0.5) is 0 Å². The number of Topliss-reactive ketones (excluding diaryl/α,β-unsaturated/α-hetero) is 1. The van der Waals surface area contributed by atoms with Gasteiger partial charge in [-0.15, -0.1) is 11.3 Å². The van der Waals surface area contributed by atoms with Crippen molar-refractivity contribution in [1.29, 1.82) is 0 Å². The molecular weight excluding hydrogens is 296 g/mol. The molecule has 1 atom stereocenters. The zero-order valence-electron chi connectivity index (χ0n) is 12.6. The highest BCUT2D eigenvalue weighted by Crippen LogP contribution is 2.19. The average Bonchev–Trinajstić information content (AvgIpc) is 3.07. The molecule has 0 aliphatic carbocycles. The van der Waals surface area contributed by atoms with Gasteiger partial charge in [0.1, 0.15) is 5.01 Å². The van der Waals surface area contributed by atoms with Gasteiger partial charge in [-0.25, -0.2) is 4.98 Å². The van der Waals surface area contributed by atoms with Crippen LogP contribution in [0.25, 0.3) is 0 Å². The first-order valence-electron chi connectivity index (χ1n) is 7.47. The number of nitrogens with zero attached hydrogens (tertiary/aromatic N) is 1. The minimum atomic E-state index is -0.0303. The van der Waals surface area contributed by atoms with E-state index in [0.29, 0.717) is 24.8 Å². The third-order valence-corrected chi connectivity index (χ3v) is 4.29. The molecule has 0 aliphatic rings. The summed E-state index contributed by atoms with van der Waals surface area (Å²) in [6.07, 6.45) is 3.87. The van der Waals surface area contributed by atoms with Crippen molar-refractivity contribution in [2.75, 3.05) is 0 Å². The molecule has 0 fully saturated rings. The molecule has 1 aromatic carbocycles. The fourth-order valence-corrected chi connectivity index (χ4v) is 2.96. The summed E-state index contributed by atoms with van der Waals surface area (Å²) in [5, 5.41) is 5.81. The van der Waals surface area contributed by atoms with Crippen molar-refractivity contribution in [2.24, 2.45) is 0 Å². The lowest BCUT2D eigenvalue weighted by Gasteiger charge is -2.14. The number of hydrogen-bond donors (Lipinski definition) is 1. The van der Waals surface area contributed by atoms with Crippen LogP contribution < -0.4 is 5.32 Å². The molecule has 116 valence electrons. The number of rotatable bonds is 8. The molecule has 2 rings (SSSR count). The average molecular weight is 316 g/mol. The number of amides is 1. The summed E-state index contributed by atoms with van der Waals surface area (Å²) in [7, 11) is 0. The monoisotopic (exact) mass is 316 g/mol. The molecule has 0 unspecified atom stereocenters. The van der Waals surface area contributed by atoms with E-state index in [1.807, 2.05) is 30.5 Å². The Kier molecular flexibility index (Phi) is 6.27. The van der Waals surface area contributed by atoms with E-state index < -0.39 is 0 Å². The van der Waals surface area contributed by atoms with E-state index in [1.54, 1.807) is 29.7 Å². The Morgan fingerprint density at radius 2 is 2.00 bits per heavy atom. The van der Waals surface area contributed by atoms with E-state index in [4.69, 9.17) is 0 Å². The van der Waals surface area contributed by atoms with Crippen LogP contribution in [0.2, 0.25) is 0 Å². The van der Waals surface area contributed by atoms with Crippen LogP contribution in [0.3, 0.4) is 0 Å². The predicted molar refractivity (Wildman–Crippen MR) is 87.9 cm³/mol. The van der Waals surface area contributed by atoms with Gasteiger partial charge in [-0.1, -0.05) is 37.3 Å². The number of benzene rings is 1. The number of carbonyl (C=O) groups is 2. The molecule has 0 saturated carbocycles. The van der Waals surface area contributed by atoms with Crippen LogP contribution in [-0.4, -0.2) is 16.7 Å². The normalized spacial score (nSPS) is 11.9. The smallest absolute Gasteiger partial charge is 0.220 e. The maximum absolute atomic E-state index is 12.0. The number of thiazole rings is 1. The fourth-order valence-electron chi connectivity index (χ4n) is 2.19. The minimum Gasteiger partial charge on any atom is -0.347 e. The summed E-state index contributed by atoms with van der Waals surface area (Å²) in [6.45, 7) is 2.02. The molecule has 1 amide bonds. The van der Waals surface area contributed by atoms with Crippen LogP contribution in [0.15, 0.2) is 41.9 Å². The maximum atomic E-state index is 12.0. The van der Waals surface area contributed by atoms with Gasteiger partial charge < -0.3 is 5.32 Å². The Labute approximate surface area is 134 Å². The molecule has 1 heterocycles. The van der Waals surface area contributed by atoms with Gasteiger partial charge in [0.15, 0.2) is 5.78 Å². The van der Waals surface area contributed by atoms with Gasteiger partial charge in [-0.2, -0.15) is 0 Å². The second-order valence-corrected chi connectivity index (χ2v) is 5.97. The molecule has 0 radical (unpaired) electrons. The van der Waals surface area contributed by atoms with Gasteiger partial charge in [0.25, 0.3) is 0 Å². The molecule has 4 nitrogen and oxygen atoms in total. The Morgan fingerprint density at radius 3 is 2.64 bits per heavy atom. The van der Waals surface area contributed by atoms with E-state index in [1.165, 1.54) is 0 Å². The molecule has 0 saturated heterocycles. The Balaban J connectivity index is 1.75. The highest BCUT2D eigenvalue weighted by molar-refractivity contribution is 7.09. The zero-order chi connectivity index (χ0) is 15.8. The predicted octanol–water partition coefficient (Wildman–Crippen LogP) is 3.76. The molecule has 5 heteroatoms. The largest absolute Gasteiger partial charge is 0.347 e. The van der Waals surface area contributed by atoms with Gasteiger partial charge in [0.05, 0.1) is 6.04 Å². The SMILES string of the molecule is CC[C@@H](NC(=O)CCCC(=O)c1ccccc1)c1nccs1. The lowest BCUT2D eigenvalue weighted by molar-refractivity contribution is -0.121. The first kappa shape index (κ1) is 16.4. The van der Waals surface area contributed by atoms with Crippen LogP contribution in [0.5, 0.6) is 0 Å². The molecule has 2 aromatic rings. The summed E-state index contributed by atoms with van der Waals surface area (Å²) in [6, 6.07) is 9.15. The first-order valence-corrected chi connectivity index (χ1v) is 8.35. The molecule has 0 bridgehead atoms. The number of hydrogen-bond acceptors (Lipinski definition) is 4. The number of aromatic nitrogens is 1. The fraction of sp³-hybridized carbons (Fsp3) is 0.353. The molecule has 22 heavy (non-hydrogen) atoms.